The molecule has 2 aromatic rings. The number of nitrogens with one attached hydrogen (secondary N) is 1. The lowest BCUT2D eigenvalue weighted by Gasteiger charge is -2.31. The van der Waals surface area contributed by atoms with Crippen LogP contribution in [-0.4, -0.2) is 34.9 Å². The van der Waals surface area contributed by atoms with Crippen LogP contribution in [0.3, 0.4) is 0 Å². The molecule has 0 bridgehead atoms. The second kappa shape index (κ2) is 11.2. The zero-order valence-corrected chi connectivity index (χ0v) is 19.7. The average Bonchev–Trinajstić information content (AvgIpc) is 2.68. The number of ether oxygens (including phenoxy) is 1. The zero-order chi connectivity index (χ0) is 22.1. The van der Waals surface area contributed by atoms with Gasteiger partial charge in [0.15, 0.2) is 0 Å². The molecule has 1 atom stereocenters. The Morgan fingerprint density at radius 1 is 1.10 bits per heavy atom. The summed E-state index contributed by atoms with van der Waals surface area (Å²) >= 11 is 3.47. The van der Waals surface area contributed by atoms with Crippen molar-refractivity contribution in [1.82, 2.24) is 10.2 Å². The SMILES string of the molecule is CC(C(=O)NC(C)(C)C)N(Cc1cccc(Br)c1)C(=O)CCCOc1ccccc1. The van der Waals surface area contributed by atoms with Gasteiger partial charge < -0.3 is 15.0 Å². The van der Waals surface area contributed by atoms with Gasteiger partial charge in [-0.1, -0.05) is 46.3 Å². The standard InChI is InChI=1S/C24H31BrN2O3/c1-18(23(29)26-24(2,3)4)27(17-19-10-8-11-20(25)16-19)22(28)14-9-15-30-21-12-6-5-7-13-21/h5-8,10-13,16,18H,9,14-15,17H2,1-4H3,(H,26,29). The second-order valence-electron chi connectivity index (χ2n) is 8.33. The quantitative estimate of drug-likeness (QED) is 0.523. The van der Waals surface area contributed by atoms with E-state index in [9.17, 15) is 9.59 Å². The lowest BCUT2D eigenvalue weighted by Crippen LogP contribution is -2.52. The van der Waals surface area contributed by atoms with Crippen molar-refractivity contribution in [1.29, 1.82) is 0 Å². The molecule has 0 fully saturated rings. The molecule has 1 unspecified atom stereocenters. The fourth-order valence-corrected chi connectivity index (χ4v) is 3.41. The van der Waals surface area contributed by atoms with E-state index in [2.05, 4.69) is 21.2 Å². The third kappa shape index (κ3) is 8.19. The van der Waals surface area contributed by atoms with Gasteiger partial charge in [0, 0.05) is 23.0 Å². The molecule has 2 rings (SSSR count). The normalized spacial score (nSPS) is 12.2. The van der Waals surface area contributed by atoms with E-state index < -0.39 is 6.04 Å². The molecule has 2 amide bonds. The van der Waals surface area contributed by atoms with E-state index in [0.717, 1.165) is 15.8 Å². The minimum absolute atomic E-state index is 0.0665. The summed E-state index contributed by atoms with van der Waals surface area (Å²) in [7, 11) is 0. The van der Waals surface area contributed by atoms with Gasteiger partial charge in [-0.15, -0.1) is 0 Å². The first-order valence-electron chi connectivity index (χ1n) is 10.2. The topological polar surface area (TPSA) is 58.6 Å². The third-order valence-electron chi connectivity index (χ3n) is 4.45. The van der Waals surface area contributed by atoms with Crippen LogP contribution in [-0.2, 0) is 16.1 Å². The van der Waals surface area contributed by atoms with Crippen LogP contribution in [0.15, 0.2) is 59.1 Å². The van der Waals surface area contributed by atoms with Crippen LogP contribution in [0.25, 0.3) is 0 Å². The Balaban J connectivity index is 2.03. The molecule has 0 saturated heterocycles. The number of para-hydroxylation sites is 1. The summed E-state index contributed by atoms with van der Waals surface area (Å²) in [5, 5.41) is 2.97. The van der Waals surface area contributed by atoms with Crippen molar-refractivity contribution in [3.8, 4) is 5.75 Å². The van der Waals surface area contributed by atoms with Crippen LogP contribution >= 0.6 is 15.9 Å². The highest BCUT2D eigenvalue weighted by Gasteiger charge is 2.28. The summed E-state index contributed by atoms with van der Waals surface area (Å²) in [5.74, 6) is 0.559. The van der Waals surface area contributed by atoms with Gasteiger partial charge in [0.05, 0.1) is 6.61 Å². The monoisotopic (exact) mass is 474 g/mol. The first kappa shape index (κ1) is 23.9. The molecule has 5 nitrogen and oxygen atoms in total. The average molecular weight is 475 g/mol. The van der Waals surface area contributed by atoms with Crippen LogP contribution in [0.4, 0.5) is 0 Å². The van der Waals surface area contributed by atoms with Gasteiger partial charge in [0.2, 0.25) is 11.8 Å². The Morgan fingerprint density at radius 2 is 1.80 bits per heavy atom. The van der Waals surface area contributed by atoms with E-state index in [1.54, 1.807) is 11.8 Å². The molecule has 0 spiro atoms. The van der Waals surface area contributed by atoms with Gasteiger partial charge in [-0.2, -0.15) is 0 Å². The fourth-order valence-electron chi connectivity index (χ4n) is 2.96. The van der Waals surface area contributed by atoms with Gasteiger partial charge in [-0.3, -0.25) is 9.59 Å². The number of carbonyl (C=O) groups is 2. The highest BCUT2D eigenvalue weighted by atomic mass is 79.9. The highest BCUT2D eigenvalue weighted by molar-refractivity contribution is 9.10. The minimum atomic E-state index is -0.578. The van der Waals surface area contributed by atoms with Crippen LogP contribution in [0.1, 0.15) is 46.1 Å². The Morgan fingerprint density at radius 3 is 2.43 bits per heavy atom. The van der Waals surface area contributed by atoms with E-state index in [1.807, 2.05) is 75.4 Å². The Bertz CT molecular complexity index is 834. The van der Waals surface area contributed by atoms with Crippen molar-refractivity contribution in [2.75, 3.05) is 6.61 Å². The Kier molecular flexibility index (Phi) is 8.90. The van der Waals surface area contributed by atoms with Crippen molar-refractivity contribution < 1.29 is 14.3 Å². The largest absolute Gasteiger partial charge is 0.494 e. The minimum Gasteiger partial charge on any atom is -0.494 e. The number of amides is 2. The fraction of sp³-hybridized carbons (Fsp3) is 0.417. The predicted octanol–water partition coefficient (Wildman–Crippen LogP) is 4.94. The summed E-state index contributed by atoms with van der Waals surface area (Å²) in [6.07, 6.45) is 0.893. The lowest BCUT2D eigenvalue weighted by molar-refractivity contribution is -0.141. The van der Waals surface area contributed by atoms with Crippen LogP contribution in [0.2, 0.25) is 0 Å². The summed E-state index contributed by atoms with van der Waals surface area (Å²) in [6.45, 7) is 8.38. The number of nitrogens with zero attached hydrogens (tertiary/aromatic N) is 1. The van der Waals surface area contributed by atoms with Crippen molar-refractivity contribution in [2.45, 2.75) is 58.7 Å². The van der Waals surface area contributed by atoms with Crippen LogP contribution in [0.5, 0.6) is 5.75 Å². The maximum Gasteiger partial charge on any atom is 0.242 e. The number of carbonyl (C=O) groups excluding carboxylic acids is 2. The summed E-state index contributed by atoms with van der Waals surface area (Å²) in [4.78, 5) is 27.4. The summed E-state index contributed by atoms with van der Waals surface area (Å²) < 4.78 is 6.63. The lowest BCUT2D eigenvalue weighted by atomic mass is 10.1. The molecule has 162 valence electrons. The molecule has 30 heavy (non-hydrogen) atoms. The van der Waals surface area contributed by atoms with Crippen molar-refractivity contribution >= 4 is 27.7 Å². The maximum atomic E-state index is 13.0. The molecule has 0 radical (unpaired) electrons. The van der Waals surface area contributed by atoms with Crippen LogP contribution in [0, 0.1) is 0 Å². The molecule has 0 aliphatic carbocycles. The molecule has 2 aromatic carbocycles. The maximum absolute atomic E-state index is 13.0. The number of halogens is 1. The van der Waals surface area contributed by atoms with Crippen molar-refractivity contribution in [2.24, 2.45) is 0 Å². The Hall–Kier alpha value is -2.34. The van der Waals surface area contributed by atoms with E-state index in [4.69, 9.17) is 4.74 Å². The van der Waals surface area contributed by atoms with E-state index >= 15 is 0 Å². The second-order valence-corrected chi connectivity index (χ2v) is 9.25. The molecule has 0 aliphatic heterocycles. The molecule has 0 saturated carbocycles. The molecule has 0 aromatic heterocycles. The Labute approximate surface area is 187 Å². The van der Waals surface area contributed by atoms with Crippen molar-refractivity contribution in [3.05, 3.63) is 64.6 Å². The zero-order valence-electron chi connectivity index (χ0n) is 18.2. The van der Waals surface area contributed by atoms with Gasteiger partial charge in [0.25, 0.3) is 0 Å². The molecular weight excluding hydrogens is 444 g/mol. The summed E-state index contributed by atoms with van der Waals surface area (Å²) in [5.41, 5.74) is 0.605. The van der Waals surface area contributed by atoms with Crippen molar-refractivity contribution in [3.63, 3.8) is 0 Å². The molecule has 6 heteroatoms. The molecule has 0 aliphatic rings. The molecule has 1 N–H and O–H groups in total. The van der Waals surface area contributed by atoms with E-state index in [1.165, 1.54) is 0 Å². The van der Waals surface area contributed by atoms with E-state index in [-0.39, 0.29) is 17.4 Å². The van der Waals surface area contributed by atoms with Gasteiger partial charge in [0.1, 0.15) is 11.8 Å². The predicted molar refractivity (Wildman–Crippen MR) is 123 cm³/mol. The van der Waals surface area contributed by atoms with Gasteiger partial charge >= 0.3 is 0 Å². The van der Waals surface area contributed by atoms with Crippen LogP contribution < -0.4 is 10.1 Å². The number of benzene rings is 2. The van der Waals surface area contributed by atoms with Gasteiger partial charge in [-0.25, -0.2) is 0 Å². The number of hydrogen-bond acceptors (Lipinski definition) is 3. The van der Waals surface area contributed by atoms with Gasteiger partial charge in [-0.05, 0) is 63.9 Å². The third-order valence-corrected chi connectivity index (χ3v) is 4.95. The smallest absolute Gasteiger partial charge is 0.242 e. The highest BCUT2D eigenvalue weighted by Crippen LogP contribution is 2.17. The number of rotatable bonds is 9. The first-order valence-corrected chi connectivity index (χ1v) is 11.0. The van der Waals surface area contributed by atoms with E-state index in [0.29, 0.717) is 26.0 Å². The summed E-state index contributed by atoms with van der Waals surface area (Å²) in [6, 6.07) is 16.7. The molecular formula is C24H31BrN2O3. The first-order chi connectivity index (χ1) is 14.2. The number of hydrogen-bond donors (Lipinski definition) is 1. The molecule has 0 heterocycles.